The fraction of sp³-hybridized carbons (Fsp3) is 0. The number of imidazole rings is 1. The average molecular weight is 331 g/mol. The number of nitrogens with zero attached hydrogens (tertiary/aromatic N) is 4. The quantitative estimate of drug-likeness (QED) is 0.393. The summed E-state index contributed by atoms with van der Waals surface area (Å²) in [6, 6.07) is 17.4. The summed E-state index contributed by atoms with van der Waals surface area (Å²) in [6.45, 7) is 0. The van der Waals surface area contributed by atoms with E-state index in [9.17, 15) is 0 Å². The second-order valence-electron chi connectivity index (χ2n) is 5.12. The highest BCUT2D eigenvalue weighted by Gasteiger charge is 2.05. The van der Waals surface area contributed by atoms with Crippen LogP contribution in [0.2, 0.25) is 5.15 Å². The Kier molecular flexibility index (Phi) is 3.70. The SMILES string of the molecule is Clc1cc(C#Cc2cnc3ccc(-c4ccccc4)nn23)ccn1. The number of benzene rings is 1. The highest BCUT2D eigenvalue weighted by atomic mass is 35.5. The van der Waals surface area contributed by atoms with Crippen LogP contribution in [0.15, 0.2) is 67.0 Å². The highest BCUT2D eigenvalue weighted by molar-refractivity contribution is 6.29. The molecule has 4 rings (SSSR count). The van der Waals surface area contributed by atoms with Gasteiger partial charge in [-0.05, 0) is 30.2 Å². The summed E-state index contributed by atoms with van der Waals surface area (Å²) < 4.78 is 1.75. The number of fused-ring (bicyclic) bond motifs is 1. The van der Waals surface area contributed by atoms with Gasteiger partial charge in [0.05, 0.1) is 11.9 Å². The third-order valence-electron chi connectivity index (χ3n) is 3.49. The van der Waals surface area contributed by atoms with Crippen molar-refractivity contribution >= 4 is 17.2 Å². The van der Waals surface area contributed by atoms with Crippen molar-refractivity contribution in [2.24, 2.45) is 0 Å². The second kappa shape index (κ2) is 6.15. The topological polar surface area (TPSA) is 43.1 Å². The predicted molar refractivity (Wildman–Crippen MR) is 93.7 cm³/mol. The molecule has 0 saturated heterocycles. The van der Waals surface area contributed by atoms with Crippen molar-refractivity contribution in [1.29, 1.82) is 0 Å². The standard InChI is InChI=1S/C19H11ClN4/c20-18-12-14(10-11-21-18)6-7-16-13-22-19-9-8-17(23-24(16)19)15-4-2-1-3-5-15/h1-5,8-13H. The lowest BCUT2D eigenvalue weighted by Crippen LogP contribution is -1.96. The van der Waals surface area contributed by atoms with Gasteiger partial charge in [-0.25, -0.2) is 14.5 Å². The molecule has 4 aromatic rings. The molecule has 0 bridgehead atoms. The molecular weight excluding hydrogens is 320 g/mol. The van der Waals surface area contributed by atoms with Gasteiger partial charge < -0.3 is 0 Å². The highest BCUT2D eigenvalue weighted by Crippen LogP contribution is 2.17. The van der Waals surface area contributed by atoms with E-state index in [0.29, 0.717) is 5.15 Å². The van der Waals surface area contributed by atoms with Gasteiger partial charge in [-0.3, -0.25) is 0 Å². The van der Waals surface area contributed by atoms with Crippen LogP contribution in [0.25, 0.3) is 16.9 Å². The zero-order chi connectivity index (χ0) is 16.4. The normalized spacial score (nSPS) is 10.4. The third-order valence-corrected chi connectivity index (χ3v) is 3.70. The molecule has 3 aromatic heterocycles. The predicted octanol–water partition coefficient (Wildman–Crippen LogP) is 3.84. The maximum absolute atomic E-state index is 5.88. The van der Waals surface area contributed by atoms with Crippen LogP contribution in [0.5, 0.6) is 0 Å². The Hall–Kier alpha value is -3.16. The summed E-state index contributed by atoms with van der Waals surface area (Å²) in [5.41, 5.74) is 4.19. The van der Waals surface area contributed by atoms with Gasteiger partial charge in [-0.2, -0.15) is 5.10 Å². The summed E-state index contributed by atoms with van der Waals surface area (Å²) in [7, 11) is 0. The van der Waals surface area contributed by atoms with Crippen molar-refractivity contribution < 1.29 is 0 Å². The van der Waals surface area contributed by atoms with Gasteiger partial charge in [0.2, 0.25) is 0 Å². The van der Waals surface area contributed by atoms with E-state index in [1.807, 2.05) is 48.5 Å². The maximum atomic E-state index is 5.88. The van der Waals surface area contributed by atoms with Gasteiger partial charge in [-0.1, -0.05) is 47.9 Å². The van der Waals surface area contributed by atoms with Crippen LogP contribution >= 0.6 is 11.6 Å². The Balaban J connectivity index is 1.77. The maximum Gasteiger partial charge on any atom is 0.154 e. The van der Waals surface area contributed by atoms with Crippen LogP contribution in [0.3, 0.4) is 0 Å². The van der Waals surface area contributed by atoms with Gasteiger partial charge in [-0.15, -0.1) is 0 Å². The molecule has 0 atom stereocenters. The summed E-state index contributed by atoms with van der Waals surface area (Å²) in [5, 5.41) is 5.07. The molecule has 0 fully saturated rings. The molecule has 0 spiro atoms. The first kappa shape index (κ1) is 14.4. The zero-order valence-electron chi connectivity index (χ0n) is 12.5. The molecule has 0 unspecified atom stereocenters. The minimum Gasteiger partial charge on any atom is -0.244 e. The van der Waals surface area contributed by atoms with E-state index in [1.165, 1.54) is 0 Å². The first-order valence-electron chi connectivity index (χ1n) is 7.33. The summed E-state index contributed by atoms with van der Waals surface area (Å²) >= 11 is 5.88. The Morgan fingerprint density at radius 1 is 0.917 bits per heavy atom. The van der Waals surface area contributed by atoms with Crippen molar-refractivity contribution in [1.82, 2.24) is 19.6 Å². The summed E-state index contributed by atoms with van der Waals surface area (Å²) in [5.74, 6) is 6.16. The molecule has 4 nitrogen and oxygen atoms in total. The Morgan fingerprint density at radius 2 is 1.79 bits per heavy atom. The number of rotatable bonds is 1. The minimum absolute atomic E-state index is 0.421. The number of halogens is 1. The fourth-order valence-electron chi connectivity index (χ4n) is 2.34. The van der Waals surface area contributed by atoms with Gasteiger partial charge in [0.1, 0.15) is 10.8 Å². The molecule has 0 saturated carbocycles. The number of hydrogen-bond donors (Lipinski definition) is 0. The van der Waals surface area contributed by atoms with Crippen molar-refractivity contribution in [3.8, 4) is 23.1 Å². The van der Waals surface area contributed by atoms with Crippen molar-refractivity contribution in [3.05, 3.63) is 83.4 Å². The van der Waals surface area contributed by atoms with Crippen LogP contribution in [0.1, 0.15) is 11.3 Å². The van der Waals surface area contributed by atoms with Crippen molar-refractivity contribution in [3.63, 3.8) is 0 Å². The van der Waals surface area contributed by atoms with E-state index in [4.69, 9.17) is 11.6 Å². The van der Waals surface area contributed by atoms with E-state index in [2.05, 4.69) is 26.9 Å². The van der Waals surface area contributed by atoms with Crippen LogP contribution in [0.4, 0.5) is 0 Å². The monoisotopic (exact) mass is 330 g/mol. The molecule has 3 heterocycles. The van der Waals surface area contributed by atoms with Gasteiger partial charge >= 0.3 is 0 Å². The van der Waals surface area contributed by atoms with Crippen LogP contribution < -0.4 is 0 Å². The van der Waals surface area contributed by atoms with E-state index in [0.717, 1.165) is 28.2 Å². The first-order chi connectivity index (χ1) is 11.8. The van der Waals surface area contributed by atoms with E-state index >= 15 is 0 Å². The van der Waals surface area contributed by atoms with Crippen molar-refractivity contribution in [2.45, 2.75) is 0 Å². The van der Waals surface area contributed by atoms with Crippen LogP contribution in [-0.2, 0) is 0 Å². The van der Waals surface area contributed by atoms with Crippen molar-refractivity contribution in [2.75, 3.05) is 0 Å². The average Bonchev–Trinajstić information content (AvgIpc) is 3.03. The Bertz CT molecular complexity index is 1070. The Morgan fingerprint density at radius 3 is 2.62 bits per heavy atom. The van der Waals surface area contributed by atoms with Gasteiger partial charge in [0.25, 0.3) is 0 Å². The number of pyridine rings is 1. The second-order valence-corrected chi connectivity index (χ2v) is 5.50. The van der Waals surface area contributed by atoms with E-state index < -0.39 is 0 Å². The lowest BCUT2D eigenvalue weighted by atomic mass is 10.1. The van der Waals surface area contributed by atoms with Gasteiger partial charge in [0.15, 0.2) is 5.65 Å². The fourth-order valence-corrected chi connectivity index (χ4v) is 2.51. The molecule has 1 aromatic carbocycles. The smallest absolute Gasteiger partial charge is 0.154 e. The summed E-state index contributed by atoms with van der Waals surface area (Å²) in [4.78, 5) is 8.29. The molecule has 0 N–H and O–H groups in total. The molecule has 24 heavy (non-hydrogen) atoms. The minimum atomic E-state index is 0.421. The third kappa shape index (κ3) is 2.85. The molecule has 5 heteroatoms. The Labute approximate surface area is 143 Å². The zero-order valence-corrected chi connectivity index (χ0v) is 13.3. The molecule has 114 valence electrons. The molecular formula is C19H11ClN4. The molecule has 0 amide bonds. The summed E-state index contributed by atoms with van der Waals surface area (Å²) in [6.07, 6.45) is 3.35. The van der Waals surface area contributed by atoms with Crippen LogP contribution in [0, 0.1) is 11.8 Å². The largest absolute Gasteiger partial charge is 0.244 e. The number of aromatic nitrogens is 4. The van der Waals surface area contributed by atoms with E-state index in [-0.39, 0.29) is 0 Å². The molecule has 0 aliphatic carbocycles. The lowest BCUT2D eigenvalue weighted by Gasteiger charge is -2.01. The first-order valence-corrected chi connectivity index (χ1v) is 7.71. The molecule has 0 aliphatic rings. The van der Waals surface area contributed by atoms with Gasteiger partial charge in [0, 0.05) is 17.3 Å². The van der Waals surface area contributed by atoms with Crippen LogP contribution in [-0.4, -0.2) is 19.6 Å². The number of hydrogen-bond acceptors (Lipinski definition) is 3. The van der Waals surface area contributed by atoms with E-state index in [1.54, 1.807) is 23.0 Å². The molecule has 0 aliphatic heterocycles. The lowest BCUT2D eigenvalue weighted by molar-refractivity contribution is 0.930. The molecule has 0 radical (unpaired) electrons.